The summed E-state index contributed by atoms with van der Waals surface area (Å²) in [6.45, 7) is 0. The van der Waals surface area contributed by atoms with Crippen LogP contribution < -0.4 is 10.7 Å². The Morgan fingerprint density at radius 1 is 1.18 bits per heavy atom. The van der Waals surface area contributed by atoms with E-state index in [1.165, 1.54) is 32.6 Å². The Balaban J connectivity index is 1.78. The molecule has 0 aliphatic heterocycles. The van der Waals surface area contributed by atoms with Crippen LogP contribution in [0.3, 0.4) is 0 Å². The third-order valence-electron chi connectivity index (χ3n) is 3.65. The van der Waals surface area contributed by atoms with Crippen molar-refractivity contribution in [1.82, 2.24) is 10.7 Å². The van der Waals surface area contributed by atoms with Crippen molar-refractivity contribution in [3.8, 4) is 0 Å². The van der Waals surface area contributed by atoms with Crippen LogP contribution in [0.5, 0.6) is 0 Å². The molecule has 2 rings (SSSR count). The van der Waals surface area contributed by atoms with Crippen molar-refractivity contribution >= 4 is 18.2 Å². The van der Waals surface area contributed by atoms with Crippen molar-refractivity contribution in [1.29, 1.82) is 0 Å². The van der Waals surface area contributed by atoms with Gasteiger partial charge in [0.25, 0.3) is 0 Å². The van der Waals surface area contributed by atoms with Gasteiger partial charge in [-0.05, 0) is 30.5 Å². The molecule has 0 saturated heterocycles. The smallest absolute Gasteiger partial charge is 0.337 e. The number of carbonyl (C=O) groups excluding carboxylic acids is 2. The minimum atomic E-state index is -0.381. The summed E-state index contributed by atoms with van der Waals surface area (Å²) in [6, 6.07) is 6.73. The van der Waals surface area contributed by atoms with E-state index < -0.39 is 0 Å². The number of ether oxygens (including phenoxy) is 1. The fourth-order valence-corrected chi connectivity index (χ4v) is 2.45. The highest BCUT2D eigenvalue weighted by Gasteiger charge is 2.14. The average Bonchev–Trinajstić information content (AvgIpc) is 2.55. The van der Waals surface area contributed by atoms with Crippen molar-refractivity contribution in [2.45, 2.75) is 38.1 Å². The van der Waals surface area contributed by atoms with E-state index in [-0.39, 0.29) is 18.0 Å². The maximum Gasteiger partial charge on any atom is 0.337 e. The molecule has 2 N–H and O–H groups in total. The predicted molar refractivity (Wildman–Crippen MR) is 83.9 cm³/mol. The number of nitrogens with one attached hydrogen (secondary N) is 2. The summed E-state index contributed by atoms with van der Waals surface area (Å²) in [5.41, 5.74) is 3.71. The topological polar surface area (TPSA) is 79.8 Å². The predicted octanol–water partition coefficient (Wildman–Crippen LogP) is 2.44. The Labute approximate surface area is 129 Å². The van der Waals surface area contributed by atoms with E-state index in [0.29, 0.717) is 5.56 Å². The summed E-state index contributed by atoms with van der Waals surface area (Å²) in [7, 11) is 1.34. The third kappa shape index (κ3) is 4.87. The van der Waals surface area contributed by atoms with E-state index in [0.717, 1.165) is 18.4 Å². The lowest BCUT2D eigenvalue weighted by molar-refractivity contribution is 0.0600. The fourth-order valence-electron chi connectivity index (χ4n) is 2.45. The van der Waals surface area contributed by atoms with E-state index in [9.17, 15) is 9.59 Å². The van der Waals surface area contributed by atoms with Crippen LogP contribution in [0.25, 0.3) is 0 Å². The Hall–Kier alpha value is -2.37. The van der Waals surface area contributed by atoms with E-state index >= 15 is 0 Å². The van der Waals surface area contributed by atoms with Gasteiger partial charge in [0.15, 0.2) is 0 Å². The molecule has 6 nitrogen and oxygen atoms in total. The lowest BCUT2D eigenvalue weighted by Crippen LogP contribution is -2.41. The highest BCUT2D eigenvalue weighted by atomic mass is 16.5. The summed E-state index contributed by atoms with van der Waals surface area (Å²) in [5, 5.41) is 6.81. The van der Waals surface area contributed by atoms with Crippen molar-refractivity contribution in [2.75, 3.05) is 7.11 Å². The van der Waals surface area contributed by atoms with Gasteiger partial charge in [-0.1, -0.05) is 31.4 Å². The maximum absolute atomic E-state index is 11.7. The number of amides is 2. The zero-order chi connectivity index (χ0) is 15.8. The third-order valence-corrected chi connectivity index (χ3v) is 3.65. The standard InChI is InChI=1S/C16H21N3O3/c1-22-15(20)13-9-7-12(8-10-13)11-17-19-16(21)18-14-5-3-2-4-6-14/h7-11,14H,2-6H2,1H3,(H2,18,19,21). The molecule has 0 atom stereocenters. The van der Waals surface area contributed by atoms with Crippen LogP contribution in [0.2, 0.25) is 0 Å². The number of esters is 1. The van der Waals surface area contributed by atoms with Crippen LogP contribution in [0.15, 0.2) is 29.4 Å². The van der Waals surface area contributed by atoms with Crippen LogP contribution in [0.4, 0.5) is 4.79 Å². The molecule has 22 heavy (non-hydrogen) atoms. The lowest BCUT2D eigenvalue weighted by Gasteiger charge is -2.22. The van der Waals surface area contributed by atoms with Gasteiger partial charge in [0.1, 0.15) is 0 Å². The zero-order valence-electron chi connectivity index (χ0n) is 12.7. The molecule has 1 aliphatic rings. The number of benzene rings is 1. The van der Waals surface area contributed by atoms with Crippen molar-refractivity contribution in [3.63, 3.8) is 0 Å². The summed E-state index contributed by atoms with van der Waals surface area (Å²) < 4.78 is 4.62. The quantitative estimate of drug-likeness (QED) is 0.509. The SMILES string of the molecule is COC(=O)c1ccc(C=NNC(=O)NC2CCCCC2)cc1. The number of hydrogen-bond acceptors (Lipinski definition) is 4. The van der Waals surface area contributed by atoms with Crippen LogP contribution in [0.1, 0.15) is 48.0 Å². The first-order chi connectivity index (χ1) is 10.7. The van der Waals surface area contributed by atoms with Gasteiger partial charge in [-0.2, -0.15) is 5.10 Å². The van der Waals surface area contributed by atoms with Crippen molar-refractivity contribution < 1.29 is 14.3 Å². The monoisotopic (exact) mass is 303 g/mol. The average molecular weight is 303 g/mol. The molecule has 0 bridgehead atoms. The van der Waals surface area contributed by atoms with Gasteiger partial charge in [0.2, 0.25) is 0 Å². The van der Waals surface area contributed by atoms with Gasteiger partial charge < -0.3 is 10.1 Å². The van der Waals surface area contributed by atoms with Crippen LogP contribution in [-0.4, -0.2) is 31.4 Å². The molecule has 1 saturated carbocycles. The number of rotatable bonds is 4. The summed E-state index contributed by atoms with van der Waals surface area (Å²) >= 11 is 0. The number of hydrogen-bond donors (Lipinski definition) is 2. The van der Waals surface area contributed by atoms with Crippen LogP contribution in [-0.2, 0) is 4.74 Å². The molecule has 118 valence electrons. The Morgan fingerprint density at radius 2 is 1.86 bits per heavy atom. The lowest BCUT2D eigenvalue weighted by atomic mass is 9.96. The second-order valence-corrected chi connectivity index (χ2v) is 5.29. The first kappa shape index (κ1) is 16.0. The summed E-state index contributed by atoms with van der Waals surface area (Å²) in [5.74, 6) is -0.381. The molecular formula is C16H21N3O3. The molecule has 2 amide bonds. The highest BCUT2D eigenvalue weighted by Crippen LogP contribution is 2.17. The van der Waals surface area contributed by atoms with Gasteiger partial charge in [-0.3, -0.25) is 0 Å². The molecule has 0 aromatic heterocycles. The number of nitrogens with zero attached hydrogens (tertiary/aromatic N) is 1. The Morgan fingerprint density at radius 3 is 2.50 bits per heavy atom. The Kier molecular flexibility index (Phi) is 5.94. The number of hydrazone groups is 1. The van der Waals surface area contributed by atoms with E-state index in [1.54, 1.807) is 24.3 Å². The number of carbonyl (C=O) groups is 2. The van der Waals surface area contributed by atoms with Crippen molar-refractivity contribution in [2.24, 2.45) is 5.10 Å². The van der Waals surface area contributed by atoms with Gasteiger partial charge >= 0.3 is 12.0 Å². The van der Waals surface area contributed by atoms with E-state index in [1.807, 2.05) is 0 Å². The molecule has 0 heterocycles. The number of urea groups is 1. The molecule has 1 aromatic rings. The molecule has 0 radical (unpaired) electrons. The molecule has 1 aliphatic carbocycles. The van der Waals surface area contributed by atoms with Gasteiger partial charge in [0, 0.05) is 6.04 Å². The molecule has 1 fully saturated rings. The van der Waals surface area contributed by atoms with Crippen LogP contribution >= 0.6 is 0 Å². The minimum Gasteiger partial charge on any atom is -0.465 e. The zero-order valence-corrected chi connectivity index (χ0v) is 12.7. The first-order valence-corrected chi connectivity index (χ1v) is 7.47. The molecular weight excluding hydrogens is 282 g/mol. The molecule has 6 heteroatoms. The van der Waals surface area contributed by atoms with Gasteiger partial charge in [-0.15, -0.1) is 0 Å². The van der Waals surface area contributed by atoms with Crippen molar-refractivity contribution in [3.05, 3.63) is 35.4 Å². The summed E-state index contributed by atoms with van der Waals surface area (Å²) in [6.07, 6.45) is 7.18. The minimum absolute atomic E-state index is 0.253. The van der Waals surface area contributed by atoms with E-state index in [4.69, 9.17) is 0 Å². The van der Waals surface area contributed by atoms with Gasteiger partial charge in [0.05, 0.1) is 18.9 Å². The van der Waals surface area contributed by atoms with Crippen LogP contribution in [0, 0.1) is 0 Å². The summed E-state index contributed by atoms with van der Waals surface area (Å²) in [4.78, 5) is 23.0. The largest absolute Gasteiger partial charge is 0.465 e. The highest BCUT2D eigenvalue weighted by molar-refractivity contribution is 5.90. The first-order valence-electron chi connectivity index (χ1n) is 7.47. The second-order valence-electron chi connectivity index (χ2n) is 5.29. The number of methoxy groups -OCH3 is 1. The Bertz CT molecular complexity index is 534. The molecule has 0 spiro atoms. The maximum atomic E-state index is 11.7. The van der Waals surface area contributed by atoms with E-state index in [2.05, 4.69) is 20.6 Å². The normalized spacial score (nSPS) is 15.5. The molecule has 1 aromatic carbocycles. The fraction of sp³-hybridized carbons (Fsp3) is 0.438. The second kappa shape index (κ2) is 8.17. The molecule has 0 unspecified atom stereocenters. The van der Waals surface area contributed by atoms with Gasteiger partial charge in [-0.25, -0.2) is 15.0 Å².